The van der Waals surface area contributed by atoms with Gasteiger partial charge >= 0.3 is 0 Å². The molecule has 0 unspecified atom stereocenters. The zero-order valence-electron chi connectivity index (χ0n) is 12.8. The lowest BCUT2D eigenvalue weighted by molar-refractivity contribution is -0.111. The van der Waals surface area contributed by atoms with E-state index in [1.54, 1.807) is 42.5 Å². The van der Waals surface area contributed by atoms with Crippen LogP contribution in [0.25, 0.3) is 17.4 Å². The lowest BCUT2D eigenvalue weighted by Crippen LogP contribution is -2.08. The van der Waals surface area contributed by atoms with Gasteiger partial charge in [-0.25, -0.2) is 0 Å². The van der Waals surface area contributed by atoms with Crippen LogP contribution in [0.5, 0.6) is 0 Å². The van der Waals surface area contributed by atoms with Crippen molar-refractivity contribution in [2.45, 2.75) is 0 Å². The van der Waals surface area contributed by atoms with Crippen LogP contribution in [0.3, 0.4) is 0 Å². The topological polar surface area (TPSA) is 42.2 Å². The molecule has 0 spiro atoms. The molecule has 1 N–H and O–H groups in total. The molecular weight excluding hydrogens is 381 g/mol. The predicted molar refractivity (Wildman–Crippen MR) is 103 cm³/mol. The SMILES string of the molecule is O=C(/C=C/c1ccc(-c2ccc(Cl)cc2)o1)Nc1cc(Cl)ccc1Cl. The predicted octanol–water partition coefficient (Wildman–Crippen LogP) is 6.56. The Morgan fingerprint density at radius 3 is 2.40 bits per heavy atom. The summed E-state index contributed by atoms with van der Waals surface area (Å²) in [5, 5.41) is 4.23. The summed E-state index contributed by atoms with van der Waals surface area (Å²) < 4.78 is 5.70. The van der Waals surface area contributed by atoms with E-state index in [9.17, 15) is 4.79 Å². The Hall–Kier alpha value is -2.20. The van der Waals surface area contributed by atoms with Crippen LogP contribution in [0, 0.1) is 0 Å². The van der Waals surface area contributed by atoms with Crippen molar-refractivity contribution < 1.29 is 9.21 Å². The zero-order chi connectivity index (χ0) is 17.8. The van der Waals surface area contributed by atoms with Crippen LogP contribution in [0.1, 0.15) is 5.76 Å². The fourth-order valence-corrected chi connectivity index (χ4v) is 2.60. The van der Waals surface area contributed by atoms with Crippen molar-refractivity contribution in [3.05, 3.63) is 81.5 Å². The van der Waals surface area contributed by atoms with Gasteiger partial charge in [0.15, 0.2) is 0 Å². The first-order valence-corrected chi connectivity index (χ1v) is 8.44. The minimum Gasteiger partial charge on any atom is -0.457 e. The van der Waals surface area contributed by atoms with Gasteiger partial charge in [0.05, 0.1) is 10.7 Å². The molecule has 25 heavy (non-hydrogen) atoms. The molecule has 0 aliphatic rings. The van der Waals surface area contributed by atoms with Gasteiger partial charge in [0.1, 0.15) is 11.5 Å². The fourth-order valence-electron chi connectivity index (χ4n) is 2.14. The Labute approximate surface area is 159 Å². The molecule has 6 heteroatoms. The summed E-state index contributed by atoms with van der Waals surface area (Å²) in [5.41, 5.74) is 1.35. The van der Waals surface area contributed by atoms with E-state index in [4.69, 9.17) is 39.2 Å². The van der Waals surface area contributed by atoms with Crippen LogP contribution in [0.2, 0.25) is 15.1 Å². The number of halogens is 3. The first kappa shape index (κ1) is 17.6. The molecule has 0 bridgehead atoms. The minimum absolute atomic E-state index is 0.339. The number of anilines is 1. The molecule has 3 rings (SSSR count). The first-order chi connectivity index (χ1) is 12.0. The van der Waals surface area contributed by atoms with Crippen molar-refractivity contribution in [1.29, 1.82) is 0 Å². The van der Waals surface area contributed by atoms with Crippen molar-refractivity contribution in [2.75, 3.05) is 5.32 Å². The Morgan fingerprint density at radius 1 is 0.920 bits per heavy atom. The molecule has 0 saturated heterocycles. The summed E-state index contributed by atoms with van der Waals surface area (Å²) in [6.45, 7) is 0. The maximum absolute atomic E-state index is 12.0. The quantitative estimate of drug-likeness (QED) is 0.511. The average Bonchev–Trinajstić information content (AvgIpc) is 3.06. The highest BCUT2D eigenvalue weighted by atomic mass is 35.5. The molecule has 0 saturated carbocycles. The minimum atomic E-state index is -0.339. The molecule has 0 radical (unpaired) electrons. The van der Waals surface area contributed by atoms with Crippen molar-refractivity contribution in [1.82, 2.24) is 0 Å². The van der Waals surface area contributed by atoms with Crippen molar-refractivity contribution >= 4 is 52.5 Å². The number of carbonyl (C=O) groups excluding carboxylic acids is 1. The van der Waals surface area contributed by atoms with Crippen molar-refractivity contribution in [2.24, 2.45) is 0 Å². The van der Waals surface area contributed by atoms with E-state index in [1.807, 2.05) is 18.2 Å². The van der Waals surface area contributed by atoms with E-state index in [1.165, 1.54) is 6.08 Å². The number of benzene rings is 2. The number of nitrogens with one attached hydrogen (secondary N) is 1. The highest BCUT2D eigenvalue weighted by Crippen LogP contribution is 2.26. The number of carbonyl (C=O) groups is 1. The molecule has 126 valence electrons. The third kappa shape index (κ3) is 4.67. The molecule has 0 atom stereocenters. The van der Waals surface area contributed by atoms with Crippen molar-refractivity contribution in [3.63, 3.8) is 0 Å². The van der Waals surface area contributed by atoms with Gasteiger partial charge in [0, 0.05) is 21.7 Å². The number of amides is 1. The highest BCUT2D eigenvalue weighted by molar-refractivity contribution is 6.35. The van der Waals surface area contributed by atoms with Crippen LogP contribution in [-0.4, -0.2) is 5.91 Å². The smallest absolute Gasteiger partial charge is 0.248 e. The lowest BCUT2D eigenvalue weighted by atomic mass is 10.2. The maximum atomic E-state index is 12.0. The van der Waals surface area contributed by atoms with Gasteiger partial charge in [0.2, 0.25) is 5.91 Å². The summed E-state index contributed by atoms with van der Waals surface area (Å²) in [7, 11) is 0. The molecule has 1 amide bonds. The third-order valence-corrected chi connectivity index (χ3v) is 4.16. The summed E-state index contributed by atoms with van der Waals surface area (Å²) in [5.74, 6) is 0.903. The Balaban J connectivity index is 1.68. The van der Waals surface area contributed by atoms with Crippen molar-refractivity contribution in [3.8, 4) is 11.3 Å². The number of hydrogen-bond donors (Lipinski definition) is 1. The Kier molecular flexibility index (Phi) is 5.49. The summed E-state index contributed by atoms with van der Waals surface area (Å²) in [4.78, 5) is 12.0. The van der Waals surface area contributed by atoms with E-state index in [-0.39, 0.29) is 5.91 Å². The largest absolute Gasteiger partial charge is 0.457 e. The molecule has 1 heterocycles. The monoisotopic (exact) mass is 391 g/mol. The maximum Gasteiger partial charge on any atom is 0.248 e. The standard InChI is InChI=1S/C19H12Cl3NO2/c20-13-3-1-12(2-4-13)18-9-6-15(25-18)7-10-19(24)23-17-11-14(21)5-8-16(17)22/h1-11H,(H,23,24)/b10-7+. The number of rotatable bonds is 4. The van der Waals surface area contributed by atoms with Gasteiger partial charge in [-0.15, -0.1) is 0 Å². The van der Waals surface area contributed by atoms with Gasteiger partial charge in [-0.05, 0) is 60.7 Å². The second kappa shape index (κ2) is 7.79. The second-order valence-electron chi connectivity index (χ2n) is 5.16. The van der Waals surface area contributed by atoms with Crippen LogP contribution in [0.4, 0.5) is 5.69 Å². The molecule has 2 aromatic carbocycles. The fraction of sp³-hybridized carbons (Fsp3) is 0. The van der Waals surface area contributed by atoms with Crippen LogP contribution >= 0.6 is 34.8 Å². The van der Waals surface area contributed by atoms with Gasteiger partial charge in [-0.2, -0.15) is 0 Å². The first-order valence-electron chi connectivity index (χ1n) is 7.31. The normalized spacial score (nSPS) is 11.0. The summed E-state index contributed by atoms with van der Waals surface area (Å²) in [6.07, 6.45) is 2.94. The number of furan rings is 1. The molecule has 0 aliphatic heterocycles. The van der Waals surface area contributed by atoms with E-state index >= 15 is 0 Å². The lowest BCUT2D eigenvalue weighted by Gasteiger charge is -2.04. The summed E-state index contributed by atoms with van der Waals surface area (Å²) in [6, 6.07) is 15.8. The molecule has 3 nitrogen and oxygen atoms in total. The summed E-state index contributed by atoms with van der Waals surface area (Å²) >= 11 is 17.8. The molecule has 3 aromatic rings. The molecule has 1 aromatic heterocycles. The van der Waals surface area contributed by atoms with Gasteiger partial charge in [0.25, 0.3) is 0 Å². The van der Waals surface area contributed by atoms with Crippen LogP contribution in [0.15, 0.2) is 65.1 Å². The van der Waals surface area contributed by atoms with Crippen LogP contribution in [-0.2, 0) is 4.79 Å². The van der Waals surface area contributed by atoms with Crippen LogP contribution < -0.4 is 5.32 Å². The van der Waals surface area contributed by atoms with E-state index in [0.717, 1.165) is 5.56 Å². The molecule has 0 fully saturated rings. The third-order valence-electron chi connectivity index (χ3n) is 3.34. The van der Waals surface area contributed by atoms with Gasteiger partial charge < -0.3 is 9.73 Å². The molecule has 0 aliphatic carbocycles. The Bertz CT molecular complexity index is 930. The van der Waals surface area contributed by atoms with Gasteiger partial charge in [-0.1, -0.05) is 34.8 Å². The van der Waals surface area contributed by atoms with E-state index < -0.39 is 0 Å². The van der Waals surface area contributed by atoms with Gasteiger partial charge in [-0.3, -0.25) is 4.79 Å². The van der Waals surface area contributed by atoms with E-state index in [2.05, 4.69) is 5.32 Å². The molecular formula is C19H12Cl3NO2. The zero-order valence-corrected chi connectivity index (χ0v) is 15.1. The van der Waals surface area contributed by atoms with E-state index in [0.29, 0.717) is 32.3 Å². The highest BCUT2D eigenvalue weighted by Gasteiger charge is 2.06. The number of hydrogen-bond acceptors (Lipinski definition) is 2. The average molecular weight is 393 g/mol. The Morgan fingerprint density at radius 2 is 1.64 bits per heavy atom. The second-order valence-corrected chi connectivity index (χ2v) is 6.44.